The Kier molecular flexibility index (Phi) is 5.54. The monoisotopic (exact) mass is 342 g/mol. The molecule has 0 saturated heterocycles. The summed E-state index contributed by atoms with van der Waals surface area (Å²) in [5.41, 5.74) is 1.71. The van der Waals surface area contributed by atoms with Gasteiger partial charge in [0.05, 0.1) is 0 Å². The SMILES string of the molecule is Cc1cccnc1NC(=S)NC(=N)c1cc(C(=O)N(C)C)ccn1. The minimum Gasteiger partial charge on any atom is -0.345 e. The molecular weight excluding hydrogens is 324 g/mol. The summed E-state index contributed by atoms with van der Waals surface area (Å²) in [5, 5.41) is 14.0. The third kappa shape index (κ3) is 4.32. The molecule has 0 aliphatic rings. The van der Waals surface area contributed by atoms with Gasteiger partial charge in [-0.1, -0.05) is 6.07 Å². The molecule has 0 aromatic carbocycles. The number of amidine groups is 1. The molecule has 2 rings (SSSR count). The van der Waals surface area contributed by atoms with Gasteiger partial charge in [-0.2, -0.15) is 0 Å². The number of nitrogens with one attached hydrogen (secondary N) is 3. The van der Waals surface area contributed by atoms with E-state index in [1.54, 1.807) is 32.4 Å². The minimum absolute atomic E-state index is 0.00510. The molecule has 2 heterocycles. The summed E-state index contributed by atoms with van der Waals surface area (Å²) in [6.07, 6.45) is 3.14. The maximum atomic E-state index is 12.0. The van der Waals surface area contributed by atoms with E-state index in [1.165, 1.54) is 11.1 Å². The van der Waals surface area contributed by atoms with Gasteiger partial charge in [-0.15, -0.1) is 0 Å². The van der Waals surface area contributed by atoms with E-state index in [2.05, 4.69) is 20.6 Å². The molecule has 0 radical (unpaired) electrons. The normalized spacial score (nSPS) is 9.96. The largest absolute Gasteiger partial charge is 0.345 e. The molecule has 0 aliphatic heterocycles. The molecular formula is C16H18N6OS. The lowest BCUT2D eigenvalue weighted by Gasteiger charge is -2.13. The van der Waals surface area contributed by atoms with Gasteiger partial charge in [0, 0.05) is 32.1 Å². The molecule has 2 aromatic rings. The maximum absolute atomic E-state index is 12.0. The van der Waals surface area contributed by atoms with Crippen molar-refractivity contribution in [3.8, 4) is 0 Å². The van der Waals surface area contributed by atoms with Crippen molar-refractivity contribution >= 4 is 34.9 Å². The highest BCUT2D eigenvalue weighted by molar-refractivity contribution is 7.80. The van der Waals surface area contributed by atoms with Gasteiger partial charge in [-0.3, -0.25) is 15.2 Å². The van der Waals surface area contributed by atoms with Gasteiger partial charge < -0.3 is 15.5 Å². The topological polar surface area (TPSA) is 94.0 Å². The van der Waals surface area contributed by atoms with E-state index in [-0.39, 0.29) is 16.9 Å². The highest BCUT2D eigenvalue weighted by Crippen LogP contribution is 2.09. The van der Waals surface area contributed by atoms with Crippen molar-refractivity contribution in [3.63, 3.8) is 0 Å². The summed E-state index contributed by atoms with van der Waals surface area (Å²) in [7, 11) is 3.33. The van der Waals surface area contributed by atoms with Crippen LogP contribution in [-0.2, 0) is 0 Å². The van der Waals surface area contributed by atoms with Crippen LogP contribution in [0.25, 0.3) is 0 Å². The average molecular weight is 342 g/mol. The Hall–Kier alpha value is -2.87. The number of nitrogens with zero attached hydrogens (tertiary/aromatic N) is 3. The van der Waals surface area contributed by atoms with E-state index in [4.69, 9.17) is 17.6 Å². The molecule has 3 N–H and O–H groups in total. The van der Waals surface area contributed by atoms with Crippen molar-refractivity contribution in [2.45, 2.75) is 6.92 Å². The van der Waals surface area contributed by atoms with Crippen LogP contribution in [0.4, 0.5) is 5.82 Å². The van der Waals surface area contributed by atoms with E-state index in [0.29, 0.717) is 17.1 Å². The fourth-order valence-electron chi connectivity index (χ4n) is 1.89. The average Bonchev–Trinajstić information content (AvgIpc) is 2.56. The van der Waals surface area contributed by atoms with Gasteiger partial charge in [0.1, 0.15) is 11.5 Å². The molecule has 0 saturated carbocycles. The zero-order valence-corrected chi connectivity index (χ0v) is 14.4. The first-order valence-corrected chi connectivity index (χ1v) is 7.55. The predicted molar refractivity (Wildman–Crippen MR) is 97.4 cm³/mol. The van der Waals surface area contributed by atoms with E-state index in [9.17, 15) is 4.79 Å². The molecule has 1 amide bonds. The first-order valence-electron chi connectivity index (χ1n) is 7.14. The standard InChI is InChI=1S/C16H18N6OS/c1-10-5-4-7-19-14(10)21-16(24)20-13(17)12-9-11(6-8-18-12)15(23)22(2)3/h4-9H,1-3H3,(H3,17,19,20,21,24). The number of rotatable bonds is 3. The number of carbonyl (C=O) groups excluding carboxylic acids is 1. The van der Waals surface area contributed by atoms with Gasteiger partial charge in [0.15, 0.2) is 10.9 Å². The third-order valence-electron chi connectivity index (χ3n) is 3.15. The molecule has 0 spiro atoms. The Morgan fingerprint density at radius 2 is 2.00 bits per heavy atom. The zero-order chi connectivity index (χ0) is 17.7. The Morgan fingerprint density at radius 3 is 2.67 bits per heavy atom. The van der Waals surface area contributed by atoms with Crippen molar-refractivity contribution in [3.05, 3.63) is 53.5 Å². The van der Waals surface area contributed by atoms with Crippen LogP contribution in [0.1, 0.15) is 21.6 Å². The van der Waals surface area contributed by atoms with Gasteiger partial charge >= 0.3 is 0 Å². The summed E-state index contributed by atoms with van der Waals surface area (Å²) in [5.74, 6) is 0.457. The first-order chi connectivity index (χ1) is 11.4. The third-order valence-corrected chi connectivity index (χ3v) is 3.35. The predicted octanol–water partition coefficient (Wildman–Crippen LogP) is 1.80. The van der Waals surface area contributed by atoms with Crippen LogP contribution in [0, 0.1) is 12.3 Å². The number of aryl methyl sites for hydroxylation is 1. The van der Waals surface area contributed by atoms with Crippen molar-refractivity contribution in [1.82, 2.24) is 20.2 Å². The van der Waals surface area contributed by atoms with E-state index in [0.717, 1.165) is 5.56 Å². The molecule has 0 fully saturated rings. The molecule has 8 heteroatoms. The molecule has 24 heavy (non-hydrogen) atoms. The highest BCUT2D eigenvalue weighted by Gasteiger charge is 2.12. The number of thiocarbonyl (C=S) groups is 1. The lowest BCUT2D eigenvalue weighted by molar-refractivity contribution is 0.0827. The summed E-state index contributed by atoms with van der Waals surface area (Å²) in [6, 6.07) is 6.89. The number of hydrogen-bond acceptors (Lipinski definition) is 5. The van der Waals surface area contributed by atoms with Gasteiger partial charge in [-0.05, 0) is 42.9 Å². The van der Waals surface area contributed by atoms with Crippen molar-refractivity contribution in [2.75, 3.05) is 19.4 Å². The fraction of sp³-hybridized carbons (Fsp3) is 0.188. The lowest BCUT2D eigenvalue weighted by Crippen LogP contribution is -2.35. The second-order valence-corrected chi connectivity index (χ2v) is 5.66. The molecule has 0 bridgehead atoms. The minimum atomic E-state index is -0.156. The molecule has 124 valence electrons. The van der Waals surface area contributed by atoms with Gasteiger partial charge in [-0.25, -0.2) is 4.98 Å². The van der Waals surface area contributed by atoms with Crippen molar-refractivity contribution in [2.24, 2.45) is 0 Å². The van der Waals surface area contributed by atoms with Crippen LogP contribution >= 0.6 is 12.2 Å². The van der Waals surface area contributed by atoms with Crippen LogP contribution in [0.5, 0.6) is 0 Å². The number of pyridine rings is 2. The smallest absolute Gasteiger partial charge is 0.253 e. The summed E-state index contributed by atoms with van der Waals surface area (Å²) < 4.78 is 0. The quantitative estimate of drug-likeness (QED) is 0.447. The second kappa shape index (κ2) is 7.60. The van der Waals surface area contributed by atoms with Crippen LogP contribution in [0.3, 0.4) is 0 Å². The van der Waals surface area contributed by atoms with E-state index in [1.807, 2.05) is 19.1 Å². The number of hydrogen-bond donors (Lipinski definition) is 3. The highest BCUT2D eigenvalue weighted by atomic mass is 32.1. The van der Waals surface area contributed by atoms with Crippen molar-refractivity contribution < 1.29 is 4.79 Å². The summed E-state index contributed by atoms with van der Waals surface area (Å²) >= 11 is 5.19. The zero-order valence-electron chi connectivity index (χ0n) is 13.6. The van der Waals surface area contributed by atoms with Crippen LogP contribution < -0.4 is 10.6 Å². The van der Waals surface area contributed by atoms with Crippen LogP contribution in [0.2, 0.25) is 0 Å². The van der Waals surface area contributed by atoms with E-state index >= 15 is 0 Å². The number of aromatic nitrogens is 2. The van der Waals surface area contributed by atoms with Gasteiger partial charge in [0.2, 0.25) is 0 Å². The Bertz CT molecular complexity index is 790. The second-order valence-electron chi connectivity index (χ2n) is 5.25. The lowest BCUT2D eigenvalue weighted by atomic mass is 10.2. The molecule has 7 nitrogen and oxygen atoms in total. The summed E-state index contributed by atoms with van der Waals surface area (Å²) in [6.45, 7) is 1.90. The Labute approximate surface area is 145 Å². The number of carbonyl (C=O) groups is 1. The van der Waals surface area contributed by atoms with Crippen LogP contribution in [-0.4, -0.2) is 45.8 Å². The number of anilines is 1. The van der Waals surface area contributed by atoms with Gasteiger partial charge in [0.25, 0.3) is 5.91 Å². The fourth-order valence-corrected chi connectivity index (χ4v) is 2.09. The molecule has 2 aromatic heterocycles. The Balaban J connectivity index is 2.07. The number of amides is 1. The van der Waals surface area contributed by atoms with Crippen molar-refractivity contribution in [1.29, 1.82) is 5.41 Å². The Morgan fingerprint density at radius 1 is 1.25 bits per heavy atom. The van der Waals surface area contributed by atoms with Crippen LogP contribution in [0.15, 0.2) is 36.7 Å². The molecule has 0 unspecified atom stereocenters. The maximum Gasteiger partial charge on any atom is 0.253 e. The van der Waals surface area contributed by atoms with E-state index < -0.39 is 0 Å². The summed E-state index contributed by atoms with van der Waals surface area (Å²) in [4.78, 5) is 21.7. The first kappa shape index (κ1) is 17.5. The molecule has 0 atom stereocenters. The molecule has 0 aliphatic carbocycles.